The van der Waals surface area contributed by atoms with E-state index >= 15 is 0 Å². The second-order valence-electron chi connectivity index (χ2n) is 5.62. The van der Waals surface area contributed by atoms with Crippen LogP contribution in [0.15, 0.2) is 0 Å². The predicted octanol–water partition coefficient (Wildman–Crippen LogP) is 0.646. The van der Waals surface area contributed by atoms with Crippen molar-refractivity contribution in [2.24, 2.45) is 5.41 Å². The van der Waals surface area contributed by atoms with Gasteiger partial charge in [0.25, 0.3) is 0 Å². The van der Waals surface area contributed by atoms with Crippen molar-refractivity contribution in [3.05, 3.63) is 0 Å². The van der Waals surface area contributed by atoms with Crippen molar-refractivity contribution in [2.45, 2.75) is 45.6 Å². The maximum atomic E-state index is 11.4. The average molecular weight is 276 g/mol. The Hall–Kier alpha value is -1.63. The van der Waals surface area contributed by atoms with E-state index < -0.39 is 36.4 Å². The largest absolute Gasteiger partial charge is 0.481 e. The minimum Gasteiger partial charge on any atom is -0.481 e. The quantitative estimate of drug-likeness (QED) is 0.583. The number of aliphatic carboxylic acids is 2. The fourth-order valence-electron chi connectivity index (χ4n) is 1.22. The summed E-state index contributed by atoms with van der Waals surface area (Å²) >= 11 is 0. The Bertz CT molecular complexity index is 356. The van der Waals surface area contributed by atoms with Crippen LogP contribution in [0.3, 0.4) is 0 Å². The van der Waals surface area contributed by atoms with Gasteiger partial charge in [0.15, 0.2) is 5.60 Å². The number of carbonyl (C=O) groups is 3. The number of carbonyl (C=O) groups excluding carboxylic acids is 1. The van der Waals surface area contributed by atoms with Crippen LogP contribution < -0.4 is 0 Å². The van der Waals surface area contributed by atoms with Crippen LogP contribution in [-0.4, -0.2) is 45.4 Å². The lowest BCUT2D eigenvalue weighted by Crippen LogP contribution is -2.43. The third-order valence-electron chi connectivity index (χ3n) is 2.39. The average Bonchev–Trinajstić information content (AvgIpc) is 2.12. The summed E-state index contributed by atoms with van der Waals surface area (Å²) in [4.78, 5) is 32.7. The Labute approximate surface area is 111 Å². The third-order valence-corrected chi connectivity index (χ3v) is 2.39. The molecule has 110 valence electrons. The van der Waals surface area contributed by atoms with Crippen molar-refractivity contribution in [1.29, 1.82) is 0 Å². The molecule has 0 aliphatic heterocycles. The lowest BCUT2D eigenvalue weighted by atomic mass is 9.93. The van der Waals surface area contributed by atoms with Crippen LogP contribution >= 0.6 is 0 Å². The summed E-state index contributed by atoms with van der Waals surface area (Å²) in [5.41, 5.74) is -2.69. The van der Waals surface area contributed by atoms with Crippen molar-refractivity contribution in [1.82, 2.24) is 0 Å². The summed E-state index contributed by atoms with van der Waals surface area (Å²) < 4.78 is 4.79. The second-order valence-corrected chi connectivity index (χ2v) is 5.62. The number of aliphatic hydroxyl groups is 1. The Morgan fingerprint density at radius 2 is 1.58 bits per heavy atom. The molecule has 19 heavy (non-hydrogen) atoms. The molecule has 7 heteroatoms. The smallest absolute Gasteiger partial charge is 0.336 e. The van der Waals surface area contributed by atoms with Crippen LogP contribution in [0.1, 0.15) is 40.0 Å². The fraction of sp³-hybridized carbons (Fsp3) is 0.750. The topological polar surface area (TPSA) is 121 Å². The Kier molecular flexibility index (Phi) is 5.95. The Morgan fingerprint density at radius 3 is 1.95 bits per heavy atom. The van der Waals surface area contributed by atoms with Gasteiger partial charge in [0, 0.05) is 0 Å². The molecule has 0 aromatic carbocycles. The van der Waals surface area contributed by atoms with Crippen LogP contribution in [0.5, 0.6) is 0 Å². The summed E-state index contributed by atoms with van der Waals surface area (Å²) in [7, 11) is 0. The van der Waals surface area contributed by atoms with E-state index in [0.717, 1.165) is 0 Å². The number of hydrogen-bond acceptors (Lipinski definition) is 5. The van der Waals surface area contributed by atoms with E-state index in [1.165, 1.54) is 0 Å². The van der Waals surface area contributed by atoms with Crippen molar-refractivity contribution in [2.75, 3.05) is 6.61 Å². The van der Waals surface area contributed by atoms with Crippen molar-refractivity contribution in [3.8, 4) is 0 Å². The predicted molar refractivity (Wildman–Crippen MR) is 64.5 cm³/mol. The first kappa shape index (κ1) is 17.4. The number of carboxylic acids is 2. The van der Waals surface area contributed by atoms with Crippen molar-refractivity contribution < 1.29 is 34.4 Å². The van der Waals surface area contributed by atoms with Gasteiger partial charge in [0.2, 0.25) is 0 Å². The van der Waals surface area contributed by atoms with Crippen LogP contribution in [0.2, 0.25) is 0 Å². The maximum absolute atomic E-state index is 11.4. The summed E-state index contributed by atoms with van der Waals surface area (Å²) in [6.07, 6.45) is -1.38. The lowest BCUT2D eigenvalue weighted by Gasteiger charge is -2.21. The molecule has 0 bridgehead atoms. The van der Waals surface area contributed by atoms with E-state index in [1.54, 1.807) is 0 Å². The molecule has 0 aliphatic carbocycles. The third kappa shape index (κ3) is 7.40. The zero-order chi connectivity index (χ0) is 15.3. The molecule has 1 atom stereocenters. The number of carboxylic acid groups (broad SMARTS) is 2. The highest BCUT2D eigenvalue weighted by molar-refractivity contribution is 5.88. The monoisotopic (exact) mass is 276 g/mol. The molecule has 0 spiro atoms. The molecule has 3 N–H and O–H groups in total. The van der Waals surface area contributed by atoms with Gasteiger partial charge in [0.1, 0.15) is 0 Å². The fourth-order valence-corrected chi connectivity index (χ4v) is 1.22. The molecule has 0 aromatic rings. The first-order valence-corrected chi connectivity index (χ1v) is 5.79. The SMILES string of the molecule is CC(C)(C)CCOC(=O)CC(O)(CC(=O)O)C(=O)O. The van der Waals surface area contributed by atoms with E-state index in [4.69, 9.17) is 14.9 Å². The van der Waals surface area contributed by atoms with Gasteiger partial charge >= 0.3 is 17.9 Å². The lowest BCUT2D eigenvalue weighted by molar-refractivity contribution is -0.172. The summed E-state index contributed by atoms with van der Waals surface area (Å²) in [5, 5.41) is 26.9. The van der Waals surface area contributed by atoms with Gasteiger partial charge in [-0.1, -0.05) is 20.8 Å². The van der Waals surface area contributed by atoms with E-state index in [2.05, 4.69) is 0 Å². The first-order valence-electron chi connectivity index (χ1n) is 5.79. The van der Waals surface area contributed by atoms with Crippen molar-refractivity contribution in [3.63, 3.8) is 0 Å². The molecular weight excluding hydrogens is 256 g/mol. The molecule has 0 amide bonds. The zero-order valence-corrected chi connectivity index (χ0v) is 11.3. The first-order chi connectivity index (χ1) is 8.46. The van der Waals surface area contributed by atoms with Crippen LogP contribution in [0, 0.1) is 5.41 Å². The Balaban J connectivity index is 4.41. The number of rotatable bonds is 7. The minimum absolute atomic E-state index is 0.0511. The van der Waals surface area contributed by atoms with Gasteiger partial charge in [-0.25, -0.2) is 4.79 Å². The molecule has 0 aliphatic rings. The minimum atomic E-state index is -2.63. The summed E-state index contributed by atoms with van der Waals surface area (Å²) in [6.45, 7) is 5.92. The zero-order valence-electron chi connectivity index (χ0n) is 11.3. The molecule has 7 nitrogen and oxygen atoms in total. The van der Waals surface area contributed by atoms with E-state index in [-0.39, 0.29) is 12.0 Å². The molecule has 0 aromatic heterocycles. The highest BCUT2D eigenvalue weighted by Gasteiger charge is 2.41. The highest BCUT2D eigenvalue weighted by Crippen LogP contribution is 2.20. The van der Waals surface area contributed by atoms with Gasteiger partial charge in [0.05, 0.1) is 19.4 Å². The molecule has 0 fully saturated rings. The standard InChI is InChI=1S/C12H20O7/c1-11(2,3)4-5-19-9(15)7-12(18,10(16)17)6-8(13)14/h18H,4-7H2,1-3H3,(H,13,14)(H,16,17). The van der Waals surface area contributed by atoms with Gasteiger partial charge in [-0.2, -0.15) is 0 Å². The molecule has 1 unspecified atom stereocenters. The second kappa shape index (κ2) is 6.51. The van der Waals surface area contributed by atoms with Crippen molar-refractivity contribution >= 4 is 17.9 Å². The molecule has 0 rings (SSSR count). The maximum Gasteiger partial charge on any atom is 0.336 e. The van der Waals surface area contributed by atoms with E-state index in [0.29, 0.717) is 6.42 Å². The number of esters is 1. The number of ether oxygens (including phenoxy) is 1. The Morgan fingerprint density at radius 1 is 1.05 bits per heavy atom. The summed E-state index contributed by atoms with van der Waals surface area (Å²) in [6, 6.07) is 0. The highest BCUT2D eigenvalue weighted by atomic mass is 16.5. The van der Waals surface area contributed by atoms with Crippen LogP contribution in [-0.2, 0) is 19.1 Å². The van der Waals surface area contributed by atoms with E-state index in [9.17, 15) is 19.5 Å². The van der Waals surface area contributed by atoms with Gasteiger partial charge < -0.3 is 20.1 Å². The van der Waals surface area contributed by atoms with Crippen LogP contribution in [0.4, 0.5) is 0 Å². The molecular formula is C12H20O7. The van der Waals surface area contributed by atoms with Gasteiger partial charge in [-0.15, -0.1) is 0 Å². The molecule has 0 radical (unpaired) electrons. The normalized spacial score (nSPS) is 14.5. The van der Waals surface area contributed by atoms with Crippen LogP contribution in [0.25, 0.3) is 0 Å². The van der Waals surface area contributed by atoms with E-state index in [1.807, 2.05) is 20.8 Å². The molecule has 0 saturated heterocycles. The van der Waals surface area contributed by atoms with Gasteiger partial charge in [-0.3, -0.25) is 9.59 Å². The van der Waals surface area contributed by atoms with Gasteiger partial charge in [-0.05, 0) is 11.8 Å². The number of hydrogen-bond donors (Lipinski definition) is 3. The molecule has 0 saturated carbocycles. The summed E-state index contributed by atoms with van der Waals surface area (Å²) in [5.74, 6) is -4.20. The molecule has 0 heterocycles.